The van der Waals surface area contributed by atoms with E-state index in [0.29, 0.717) is 12.8 Å². The van der Waals surface area contributed by atoms with Gasteiger partial charge >= 0.3 is 5.97 Å². The van der Waals surface area contributed by atoms with Crippen molar-refractivity contribution in [3.05, 3.63) is 0 Å². The maximum atomic E-state index is 11.7. The number of piperidine rings is 1. The van der Waals surface area contributed by atoms with Gasteiger partial charge in [0.2, 0.25) is 0 Å². The van der Waals surface area contributed by atoms with Gasteiger partial charge in [0.15, 0.2) is 6.61 Å². The molecule has 5 heteroatoms. The van der Waals surface area contributed by atoms with Gasteiger partial charge in [-0.25, -0.2) is 8.78 Å². The molecule has 0 amide bonds. The van der Waals surface area contributed by atoms with Crippen LogP contribution in [-0.2, 0) is 9.53 Å². The van der Waals surface area contributed by atoms with Crippen LogP contribution >= 0.6 is 0 Å². The van der Waals surface area contributed by atoms with Crippen molar-refractivity contribution in [3.63, 3.8) is 0 Å². The molecule has 1 rings (SSSR count). The Kier molecular flexibility index (Phi) is 4.08. The van der Waals surface area contributed by atoms with Gasteiger partial charge in [-0.1, -0.05) is 0 Å². The van der Waals surface area contributed by atoms with E-state index in [4.69, 9.17) is 0 Å². The lowest BCUT2D eigenvalue weighted by atomic mass is 9.99. The molecule has 0 bridgehead atoms. The van der Waals surface area contributed by atoms with Crippen molar-refractivity contribution in [1.29, 1.82) is 0 Å². The van der Waals surface area contributed by atoms with Crippen molar-refractivity contribution in [1.82, 2.24) is 5.32 Å². The van der Waals surface area contributed by atoms with Crippen LogP contribution in [0.5, 0.6) is 0 Å². The van der Waals surface area contributed by atoms with Gasteiger partial charge in [0.05, 0.1) is 5.92 Å². The molecule has 1 N–H and O–H groups in total. The fourth-order valence-corrected chi connectivity index (χ4v) is 1.32. The van der Waals surface area contributed by atoms with E-state index in [2.05, 4.69) is 10.1 Å². The van der Waals surface area contributed by atoms with Gasteiger partial charge in [0.1, 0.15) is 0 Å². The van der Waals surface area contributed by atoms with Crippen LogP contribution in [0, 0.1) is 5.92 Å². The van der Waals surface area contributed by atoms with E-state index in [1.807, 2.05) is 0 Å². The molecular formula is C8H13F2NO2. The van der Waals surface area contributed by atoms with Gasteiger partial charge in [-0.05, 0) is 25.9 Å². The molecule has 1 saturated heterocycles. The van der Waals surface area contributed by atoms with E-state index in [1.165, 1.54) is 0 Å². The van der Waals surface area contributed by atoms with Crippen LogP contribution in [0.25, 0.3) is 0 Å². The normalized spacial score (nSPS) is 19.0. The molecule has 1 heterocycles. The van der Waals surface area contributed by atoms with Gasteiger partial charge in [0.25, 0.3) is 6.43 Å². The Hall–Kier alpha value is -0.710. The Balaban J connectivity index is 2.21. The predicted molar refractivity (Wildman–Crippen MR) is 42.6 cm³/mol. The first-order valence-electron chi connectivity index (χ1n) is 4.35. The Bertz CT molecular complexity index is 170. The van der Waals surface area contributed by atoms with Crippen LogP contribution in [0.4, 0.5) is 8.78 Å². The quantitative estimate of drug-likeness (QED) is 0.673. The van der Waals surface area contributed by atoms with Gasteiger partial charge in [0, 0.05) is 0 Å². The minimum Gasteiger partial charge on any atom is -0.459 e. The Morgan fingerprint density at radius 3 is 2.62 bits per heavy atom. The van der Waals surface area contributed by atoms with Gasteiger partial charge in [-0.3, -0.25) is 4.79 Å². The van der Waals surface area contributed by atoms with E-state index in [-0.39, 0.29) is 5.92 Å². The van der Waals surface area contributed by atoms with Gasteiger partial charge < -0.3 is 10.1 Å². The molecule has 1 aliphatic heterocycles. The molecule has 0 unspecified atom stereocenters. The zero-order valence-electron chi connectivity index (χ0n) is 7.26. The smallest absolute Gasteiger partial charge is 0.309 e. The molecule has 0 aromatic carbocycles. The number of halogens is 2. The Morgan fingerprint density at radius 1 is 1.46 bits per heavy atom. The standard InChI is InChI=1S/C8H13F2NO2/c9-7(10)5-13-8(12)6-1-3-11-4-2-6/h6-7,11H,1-5H2. The summed E-state index contributed by atoms with van der Waals surface area (Å²) in [6.45, 7) is 0.742. The third-order valence-corrected chi connectivity index (χ3v) is 2.02. The second-order valence-corrected chi connectivity index (χ2v) is 3.05. The molecule has 13 heavy (non-hydrogen) atoms. The number of nitrogens with one attached hydrogen (secondary N) is 1. The zero-order valence-corrected chi connectivity index (χ0v) is 7.26. The van der Waals surface area contributed by atoms with Crippen LogP contribution < -0.4 is 5.32 Å². The van der Waals surface area contributed by atoms with Crippen LogP contribution in [0.3, 0.4) is 0 Å². The summed E-state index contributed by atoms with van der Waals surface area (Å²) in [4.78, 5) is 11.1. The van der Waals surface area contributed by atoms with Crippen molar-refractivity contribution in [2.24, 2.45) is 5.92 Å². The Morgan fingerprint density at radius 2 is 2.08 bits per heavy atom. The van der Waals surface area contributed by atoms with Crippen molar-refractivity contribution < 1.29 is 18.3 Å². The first-order chi connectivity index (χ1) is 6.20. The molecule has 0 aromatic rings. The molecular weight excluding hydrogens is 180 g/mol. The van der Waals surface area contributed by atoms with Crippen molar-refractivity contribution >= 4 is 5.97 Å². The number of hydrogen-bond donors (Lipinski definition) is 1. The maximum absolute atomic E-state index is 11.7. The summed E-state index contributed by atoms with van der Waals surface area (Å²) in [5, 5.41) is 3.08. The fourth-order valence-electron chi connectivity index (χ4n) is 1.32. The lowest BCUT2D eigenvalue weighted by molar-refractivity contribution is -0.153. The number of carbonyl (C=O) groups is 1. The highest BCUT2D eigenvalue weighted by Gasteiger charge is 2.22. The summed E-state index contributed by atoms with van der Waals surface area (Å²) in [7, 11) is 0. The van der Waals surface area contributed by atoms with Crippen LogP contribution in [-0.4, -0.2) is 32.1 Å². The lowest BCUT2D eigenvalue weighted by Gasteiger charge is -2.20. The first kappa shape index (κ1) is 10.4. The summed E-state index contributed by atoms with van der Waals surface area (Å²) >= 11 is 0. The van der Waals surface area contributed by atoms with E-state index in [1.54, 1.807) is 0 Å². The molecule has 3 nitrogen and oxygen atoms in total. The predicted octanol–water partition coefficient (Wildman–Crippen LogP) is 0.794. The summed E-state index contributed by atoms with van der Waals surface area (Å²) in [6.07, 6.45) is -1.20. The minimum atomic E-state index is -2.56. The second-order valence-electron chi connectivity index (χ2n) is 3.05. The SMILES string of the molecule is O=C(OCC(F)F)C1CCNCC1. The summed E-state index contributed by atoms with van der Waals surface area (Å²) < 4.78 is 27.8. The molecule has 0 aliphatic carbocycles. The van der Waals surface area contributed by atoms with Crippen LogP contribution in [0.15, 0.2) is 0 Å². The molecule has 0 atom stereocenters. The number of ether oxygens (including phenoxy) is 1. The Labute approximate surface area is 75.4 Å². The topological polar surface area (TPSA) is 38.3 Å². The van der Waals surface area contributed by atoms with Crippen LogP contribution in [0.1, 0.15) is 12.8 Å². The molecule has 0 radical (unpaired) electrons. The highest BCUT2D eigenvalue weighted by atomic mass is 19.3. The average Bonchev–Trinajstić information content (AvgIpc) is 2.15. The molecule has 0 saturated carbocycles. The summed E-state index contributed by atoms with van der Waals surface area (Å²) in [5.74, 6) is -0.679. The second kappa shape index (κ2) is 5.11. The van der Waals surface area contributed by atoms with E-state index >= 15 is 0 Å². The number of hydrogen-bond acceptors (Lipinski definition) is 3. The van der Waals surface area contributed by atoms with Crippen molar-refractivity contribution in [2.45, 2.75) is 19.3 Å². The van der Waals surface area contributed by atoms with E-state index in [0.717, 1.165) is 13.1 Å². The third-order valence-electron chi connectivity index (χ3n) is 2.02. The molecule has 1 aliphatic rings. The lowest BCUT2D eigenvalue weighted by Crippen LogP contribution is -2.33. The highest BCUT2D eigenvalue weighted by molar-refractivity contribution is 5.72. The highest BCUT2D eigenvalue weighted by Crippen LogP contribution is 2.13. The number of alkyl halides is 2. The summed E-state index contributed by atoms with van der Waals surface area (Å²) in [6, 6.07) is 0. The van der Waals surface area contributed by atoms with Crippen molar-refractivity contribution in [2.75, 3.05) is 19.7 Å². The number of rotatable bonds is 3. The average molecular weight is 193 g/mol. The van der Waals surface area contributed by atoms with Gasteiger partial charge in [-0.15, -0.1) is 0 Å². The molecule has 1 fully saturated rings. The molecule has 0 aromatic heterocycles. The number of carbonyl (C=O) groups excluding carboxylic acids is 1. The number of esters is 1. The zero-order chi connectivity index (χ0) is 9.68. The van der Waals surface area contributed by atoms with E-state index < -0.39 is 19.0 Å². The molecule has 0 spiro atoms. The fraction of sp³-hybridized carbons (Fsp3) is 0.875. The maximum Gasteiger partial charge on any atom is 0.309 e. The molecule has 76 valence electrons. The summed E-state index contributed by atoms with van der Waals surface area (Å²) in [5.41, 5.74) is 0. The van der Waals surface area contributed by atoms with Gasteiger partial charge in [-0.2, -0.15) is 0 Å². The largest absolute Gasteiger partial charge is 0.459 e. The van der Waals surface area contributed by atoms with Crippen LogP contribution in [0.2, 0.25) is 0 Å². The minimum absolute atomic E-state index is 0.194. The van der Waals surface area contributed by atoms with E-state index in [9.17, 15) is 13.6 Å². The third kappa shape index (κ3) is 3.67. The first-order valence-corrected chi connectivity index (χ1v) is 4.35. The monoisotopic (exact) mass is 193 g/mol. The van der Waals surface area contributed by atoms with Crippen molar-refractivity contribution in [3.8, 4) is 0 Å².